The highest BCUT2D eigenvalue weighted by atomic mass is 16.6. The first-order valence-electron chi connectivity index (χ1n) is 8.08. The van der Waals surface area contributed by atoms with Crippen LogP contribution in [0.3, 0.4) is 0 Å². The van der Waals surface area contributed by atoms with Crippen molar-refractivity contribution in [3.8, 4) is 5.75 Å². The summed E-state index contributed by atoms with van der Waals surface area (Å²) in [5, 5.41) is 0. The molecule has 3 aliphatic rings. The van der Waals surface area contributed by atoms with E-state index in [0.717, 1.165) is 36.0 Å². The van der Waals surface area contributed by atoms with Gasteiger partial charge in [-0.05, 0) is 73.8 Å². The van der Waals surface area contributed by atoms with Crippen LogP contribution in [0.15, 0.2) is 12.1 Å². The van der Waals surface area contributed by atoms with Crippen molar-refractivity contribution in [3.05, 3.63) is 28.8 Å². The van der Waals surface area contributed by atoms with Crippen molar-refractivity contribution in [2.75, 3.05) is 0 Å². The van der Waals surface area contributed by atoms with Gasteiger partial charge in [0.2, 0.25) is 0 Å². The molecule has 0 heterocycles. The van der Waals surface area contributed by atoms with Crippen molar-refractivity contribution in [2.24, 2.45) is 29.6 Å². The van der Waals surface area contributed by atoms with Gasteiger partial charge in [-0.15, -0.1) is 0 Å². The van der Waals surface area contributed by atoms with Gasteiger partial charge >= 0.3 is 0 Å². The summed E-state index contributed by atoms with van der Waals surface area (Å²) < 4.78 is 0. The van der Waals surface area contributed by atoms with E-state index in [9.17, 15) is 9.59 Å². The Morgan fingerprint density at radius 2 is 1.50 bits per heavy atom. The number of nitrogens with two attached hydrogens (primary N) is 1. The Hall–Kier alpha value is -1.68. The number of aryl methyl sites for hydroxylation is 2. The second-order valence-corrected chi connectivity index (χ2v) is 7.21. The van der Waals surface area contributed by atoms with Gasteiger partial charge in [-0.2, -0.15) is 5.90 Å². The maximum absolute atomic E-state index is 13.0. The van der Waals surface area contributed by atoms with Gasteiger partial charge in [0.15, 0.2) is 11.6 Å². The zero-order valence-electron chi connectivity index (χ0n) is 13.0. The highest BCUT2D eigenvalue weighted by molar-refractivity contribution is 6.17. The van der Waals surface area contributed by atoms with Crippen LogP contribution >= 0.6 is 0 Å². The molecule has 2 N–H and O–H groups in total. The summed E-state index contributed by atoms with van der Waals surface area (Å²) in [6.45, 7) is 3.85. The molecule has 2 bridgehead atoms. The molecule has 0 aliphatic heterocycles. The Bertz CT molecular complexity index is 630. The second kappa shape index (κ2) is 4.66. The highest BCUT2D eigenvalue weighted by Crippen LogP contribution is 2.59. The number of carbonyl (C=O) groups is 2. The minimum atomic E-state index is -0.565. The average Bonchev–Trinajstić information content (AvgIpc) is 3.15. The van der Waals surface area contributed by atoms with Gasteiger partial charge in [-0.3, -0.25) is 9.59 Å². The Balaban J connectivity index is 1.78. The zero-order valence-corrected chi connectivity index (χ0v) is 13.0. The highest BCUT2D eigenvalue weighted by Gasteiger charge is 2.61. The molecule has 4 unspecified atom stereocenters. The average molecular weight is 299 g/mol. The Kier molecular flexibility index (Phi) is 2.95. The number of ketones is 2. The third-order valence-electron chi connectivity index (χ3n) is 6.13. The number of fused-ring (bicyclic) bond motifs is 5. The van der Waals surface area contributed by atoms with Crippen LogP contribution in [0, 0.1) is 37.5 Å². The zero-order chi connectivity index (χ0) is 15.6. The third-order valence-corrected chi connectivity index (χ3v) is 6.13. The SMILES string of the molecule is Cc1cc(ON)cc(C)c1C1C(=O)C2C3CCC(C3)C2C1=O. The first kappa shape index (κ1) is 13.9. The van der Waals surface area contributed by atoms with Gasteiger partial charge < -0.3 is 4.84 Å². The van der Waals surface area contributed by atoms with E-state index in [1.165, 1.54) is 0 Å². The second-order valence-electron chi connectivity index (χ2n) is 7.21. The molecule has 4 atom stereocenters. The van der Waals surface area contributed by atoms with Crippen molar-refractivity contribution in [2.45, 2.75) is 39.0 Å². The molecule has 3 saturated carbocycles. The van der Waals surface area contributed by atoms with Crippen LogP contribution in [0.5, 0.6) is 5.75 Å². The molecule has 0 spiro atoms. The summed E-state index contributed by atoms with van der Waals surface area (Å²) >= 11 is 0. The first-order valence-corrected chi connectivity index (χ1v) is 8.08. The first-order chi connectivity index (χ1) is 10.5. The number of hydrogen-bond donors (Lipinski definition) is 1. The molecule has 3 fully saturated rings. The van der Waals surface area contributed by atoms with E-state index in [4.69, 9.17) is 10.7 Å². The van der Waals surface area contributed by atoms with Crippen LogP contribution in [-0.4, -0.2) is 11.6 Å². The van der Waals surface area contributed by atoms with E-state index in [1.54, 1.807) is 0 Å². The molecule has 1 aromatic rings. The molecule has 4 heteroatoms. The number of rotatable bonds is 2. The molecule has 3 aliphatic carbocycles. The summed E-state index contributed by atoms with van der Waals surface area (Å²) in [6, 6.07) is 3.62. The van der Waals surface area contributed by atoms with Crippen LogP contribution in [-0.2, 0) is 9.59 Å². The largest absolute Gasteiger partial charge is 0.412 e. The Morgan fingerprint density at radius 3 is 1.95 bits per heavy atom. The van der Waals surface area contributed by atoms with Gasteiger partial charge in [0.1, 0.15) is 11.7 Å². The summed E-state index contributed by atoms with van der Waals surface area (Å²) in [7, 11) is 0. The third kappa shape index (κ3) is 1.67. The predicted octanol–water partition coefficient (Wildman–Crippen LogP) is 2.45. The fraction of sp³-hybridized carbons (Fsp3) is 0.556. The maximum atomic E-state index is 13.0. The minimum Gasteiger partial charge on any atom is -0.412 e. The molecule has 0 saturated heterocycles. The molecular formula is C18H21NO3. The monoisotopic (exact) mass is 299 g/mol. The van der Waals surface area contributed by atoms with Crippen molar-refractivity contribution in [1.82, 2.24) is 0 Å². The lowest BCUT2D eigenvalue weighted by molar-refractivity contribution is -0.125. The molecule has 22 heavy (non-hydrogen) atoms. The van der Waals surface area contributed by atoms with Crippen LogP contribution in [0.1, 0.15) is 41.9 Å². The normalized spacial score (nSPS) is 36.0. The fourth-order valence-corrected chi connectivity index (χ4v) is 5.38. The van der Waals surface area contributed by atoms with Crippen LogP contribution in [0.25, 0.3) is 0 Å². The quantitative estimate of drug-likeness (QED) is 0.672. The van der Waals surface area contributed by atoms with E-state index in [0.29, 0.717) is 17.6 Å². The summed E-state index contributed by atoms with van der Waals surface area (Å²) in [4.78, 5) is 30.7. The van der Waals surface area contributed by atoms with E-state index in [-0.39, 0.29) is 23.4 Å². The van der Waals surface area contributed by atoms with Crippen molar-refractivity contribution in [3.63, 3.8) is 0 Å². The van der Waals surface area contributed by atoms with Gasteiger partial charge in [-0.25, -0.2) is 0 Å². The number of hydrogen-bond acceptors (Lipinski definition) is 4. The molecule has 0 radical (unpaired) electrons. The smallest absolute Gasteiger partial charge is 0.151 e. The number of benzene rings is 1. The minimum absolute atomic E-state index is 0.0134. The summed E-state index contributed by atoms with van der Waals surface area (Å²) in [5.41, 5.74) is 2.71. The van der Waals surface area contributed by atoms with Crippen molar-refractivity contribution >= 4 is 11.6 Å². The Labute approximate surface area is 130 Å². The summed E-state index contributed by atoms with van der Waals surface area (Å²) in [6.07, 6.45) is 3.32. The fourth-order valence-electron chi connectivity index (χ4n) is 5.38. The van der Waals surface area contributed by atoms with Crippen LogP contribution in [0.2, 0.25) is 0 Å². The van der Waals surface area contributed by atoms with Gasteiger partial charge in [0.05, 0.1) is 0 Å². The van der Waals surface area contributed by atoms with E-state index >= 15 is 0 Å². The van der Waals surface area contributed by atoms with Gasteiger partial charge in [0.25, 0.3) is 0 Å². The molecule has 116 valence electrons. The topological polar surface area (TPSA) is 69.4 Å². The number of Topliss-reactive ketones (excluding diaryl/α,β-unsaturated/α-hetero) is 2. The number of carbonyl (C=O) groups excluding carboxylic acids is 2. The van der Waals surface area contributed by atoms with E-state index < -0.39 is 5.92 Å². The van der Waals surface area contributed by atoms with Crippen LogP contribution in [0.4, 0.5) is 0 Å². The molecular weight excluding hydrogens is 278 g/mol. The Morgan fingerprint density at radius 1 is 1.00 bits per heavy atom. The lowest BCUT2D eigenvalue weighted by atomic mass is 9.81. The lowest BCUT2D eigenvalue weighted by Gasteiger charge is -2.21. The molecule has 4 rings (SSSR count). The molecule has 0 amide bonds. The maximum Gasteiger partial charge on any atom is 0.151 e. The molecule has 0 aromatic heterocycles. The lowest BCUT2D eigenvalue weighted by Crippen LogP contribution is -2.24. The van der Waals surface area contributed by atoms with Crippen LogP contribution < -0.4 is 10.7 Å². The van der Waals surface area contributed by atoms with Crippen molar-refractivity contribution < 1.29 is 14.4 Å². The van der Waals surface area contributed by atoms with Gasteiger partial charge in [-0.1, -0.05) is 0 Å². The van der Waals surface area contributed by atoms with E-state index in [2.05, 4.69) is 0 Å². The predicted molar refractivity (Wildman–Crippen MR) is 81.3 cm³/mol. The summed E-state index contributed by atoms with van der Waals surface area (Å²) in [5.74, 6) is 6.43. The molecule has 4 nitrogen and oxygen atoms in total. The van der Waals surface area contributed by atoms with Gasteiger partial charge in [0, 0.05) is 11.8 Å². The van der Waals surface area contributed by atoms with Crippen molar-refractivity contribution in [1.29, 1.82) is 0 Å². The molecule has 1 aromatic carbocycles. The standard InChI is InChI=1S/C18H21NO3/c1-8-5-12(22-19)6-9(2)13(8)16-17(20)14-10-3-4-11(7-10)15(14)18(16)21/h5-6,10-11,14-16H,3-4,7,19H2,1-2H3. The van der Waals surface area contributed by atoms with E-state index in [1.807, 2.05) is 26.0 Å².